The number of hydrogen-bond donors (Lipinski definition) is 1. The minimum atomic E-state index is -0.511. The molecule has 3 aromatic carbocycles. The Bertz CT molecular complexity index is 1340. The van der Waals surface area contributed by atoms with Gasteiger partial charge < -0.3 is 9.57 Å². The third-order valence-corrected chi connectivity index (χ3v) is 4.78. The molecule has 8 nitrogen and oxygen atoms in total. The first-order valence-corrected chi connectivity index (χ1v) is 10.3. The molecule has 4 aromatic rings. The molecule has 0 fully saturated rings. The molecule has 0 spiro atoms. The molecular formula is C25H22N4O4. The van der Waals surface area contributed by atoms with Crippen LogP contribution in [0.4, 0.5) is 0 Å². The highest BCUT2D eigenvalue weighted by molar-refractivity contribution is 5.98. The molecule has 0 aliphatic heterocycles. The first-order chi connectivity index (χ1) is 16.1. The molecule has 8 heteroatoms. The summed E-state index contributed by atoms with van der Waals surface area (Å²) in [7, 11) is 0. The molecule has 0 atom stereocenters. The van der Waals surface area contributed by atoms with Gasteiger partial charge in [0.25, 0.3) is 11.5 Å². The van der Waals surface area contributed by atoms with Gasteiger partial charge in [0.1, 0.15) is 5.75 Å². The average molecular weight is 442 g/mol. The van der Waals surface area contributed by atoms with E-state index >= 15 is 0 Å². The Morgan fingerprint density at radius 2 is 1.64 bits per heavy atom. The summed E-state index contributed by atoms with van der Waals surface area (Å²) in [6, 6.07) is 25.4. The molecule has 0 aliphatic carbocycles. The van der Waals surface area contributed by atoms with Crippen molar-refractivity contribution in [3.05, 3.63) is 107 Å². The predicted molar refractivity (Wildman–Crippen MR) is 126 cm³/mol. The summed E-state index contributed by atoms with van der Waals surface area (Å²) in [5.41, 5.74) is 4.22. The van der Waals surface area contributed by atoms with Crippen molar-refractivity contribution in [3.8, 4) is 5.75 Å². The second-order valence-electron chi connectivity index (χ2n) is 7.14. The largest absolute Gasteiger partial charge is 0.484 e. The number of para-hydroxylation sites is 2. The molecule has 4 rings (SSSR count). The van der Waals surface area contributed by atoms with Crippen LogP contribution in [0.1, 0.15) is 18.3 Å². The molecule has 33 heavy (non-hydrogen) atoms. The summed E-state index contributed by atoms with van der Waals surface area (Å²) in [6.07, 6.45) is 0. The number of benzene rings is 3. The lowest BCUT2D eigenvalue weighted by Crippen LogP contribution is -2.38. The molecular weight excluding hydrogens is 420 g/mol. The number of oxime groups is 1. The fourth-order valence-corrected chi connectivity index (χ4v) is 3.13. The second kappa shape index (κ2) is 10.2. The standard InChI is InChI=1S/C25H22N4O4/c1-18(19-10-4-2-5-11-19)28-33-16-23-26-22-15-9-8-14-21(22)25(31)29(23)27-24(30)17-32-20-12-6-3-7-13-20/h2-15H,16-17H2,1H3,(H,27,30)/b28-18-. The Labute approximate surface area is 190 Å². The predicted octanol–water partition coefficient (Wildman–Crippen LogP) is 3.49. The Morgan fingerprint density at radius 1 is 0.970 bits per heavy atom. The van der Waals surface area contributed by atoms with Crippen molar-refractivity contribution in [2.45, 2.75) is 13.5 Å². The number of hydrogen-bond acceptors (Lipinski definition) is 6. The van der Waals surface area contributed by atoms with Crippen LogP contribution in [0.5, 0.6) is 5.75 Å². The van der Waals surface area contributed by atoms with Crippen molar-refractivity contribution >= 4 is 22.5 Å². The summed E-state index contributed by atoms with van der Waals surface area (Å²) in [4.78, 5) is 35.5. The van der Waals surface area contributed by atoms with E-state index in [2.05, 4.69) is 15.6 Å². The number of amides is 1. The van der Waals surface area contributed by atoms with E-state index < -0.39 is 11.5 Å². The van der Waals surface area contributed by atoms with Crippen molar-refractivity contribution in [2.75, 3.05) is 12.0 Å². The maximum absolute atomic E-state index is 13.1. The Hall–Kier alpha value is -4.46. The lowest BCUT2D eigenvalue weighted by molar-refractivity contribution is -0.119. The molecule has 0 aliphatic rings. The minimum Gasteiger partial charge on any atom is -0.484 e. The smallest absolute Gasteiger partial charge is 0.280 e. The van der Waals surface area contributed by atoms with Crippen LogP contribution < -0.4 is 15.7 Å². The molecule has 1 amide bonds. The molecule has 0 saturated carbocycles. The van der Waals surface area contributed by atoms with E-state index in [9.17, 15) is 9.59 Å². The number of ether oxygens (including phenoxy) is 1. The maximum Gasteiger partial charge on any atom is 0.280 e. The van der Waals surface area contributed by atoms with E-state index in [1.165, 1.54) is 0 Å². The molecule has 0 unspecified atom stereocenters. The fraction of sp³-hybridized carbons (Fsp3) is 0.120. The highest BCUT2D eigenvalue weighted by Gasteiger charge is 2.14. The number of nitrogens with one attached hydrogen (secondary N) is 1. The van der Waals surface area contributed by atoms with Gasteiger partial charge in [0.2, 0.25) is 0 Å². The van der Waals surface area contributed by atoms with E-state index in [1.54, 1.807) is 48.5 Å². The van der Waals surface area contributed by atoms with Crippen molar-refractivity contribution in [3.63, 3.8) is 0 Å². The molecule has 0 bridgehead atoms. The van der Waals surface area contributed by atoms with Crippen molar-refractivity contribution in [1.82, 2.24) is 9.66 Å². The van der Waals surface area contributed by atoms with Gasteiger partial charge in [0.05, 0.1) is 16.6 Å². The summed E-state index contributed by atoms with van der Waals surface area (Å²) >= 11 is 0. The lowest BCUT2D eigenvalue weighted by Gasteiger charge is -2.14. The van der Waals surface area contributed by atoms with Gasteiger partial charge >= 0.3 is 0 Å². The molecule has 1 heterocycles. The average Bonchev–Trinajstić information content (AvgIpc) is 2.86. The Kier molecular flexibility index (Phi) is 6.75. The molecule has 166 valence electrons. The van der Waals surface area contributed by atoms with Gasteiger partial charge in [-0.2, -0.15) is 4.68 Å². The second-order valence-corrected chi connectivity index (χ2v) is 7.14. The van der Waals surface area contributed by atoms with E-state index in [1.807, 2.05) is 43.3 Å². The van der Waals surface area contributed by atoms with E-state index in [4.69, 9.17) is 9.57 Å². The lowest BCUT2D eigenvalue weighted by atomic mass is 10.1. The van der Waals surface area contributed by atoms with Crippen LogP contribution in [-0.4, -0.2) is 27.9 Å². The van der Waals surface area contributed by atoms with Crippen LogP contribution in [-0.2, 0) is 16.2 Å². The quantitative estimate of drug-likeness (QED) is 0.333. The van der Waals surface area contributed by atoms with Crippen molar-refractivity contribution in [1.29, 1.82) is 0 Å². The topological polar surface area (TPSA) is 94.8 Å². The SMILES string of the molecule is C/C(=N/OCc1nc2ccccc2c(=O)n1NC(=O)COc1ccccc1)c1ccccc1. The Morgan fingerprint density at radius 3 is 2.39 bits per heavy atom. The number of carbonyl (C=O) groups excluding carboxylic acids is 1. The third kappa shape index (κ3) is 5.43. The van der Waals surface area contributed by atoms with Crippen LogP contribution in [0, 0.1) is 0 Å². The maximum atomic E-state index is 13.1. The fourth-order valence-electron chi connectivity index (χ4n) is 3.13. The molecule has 1 aromatic heterocycles. The van der Waals surface area contributed by atoms with Crippen molar-refractivity contribution in [2.24, 2.45) is 5.16 Å². The number of nitrogens with zero attached hydrogens (tertiary/aromatic N) is 3. The van der Waals surface area contributed by atoms with Gasteiger partial charge in [0.15, 0.2) is 19.0 Å². The zero-order valence-corrected chi connectivity index (χ0v) is 18.0. The van der Waals surface area contributed by atoms with Crippen LogP contribution in [0.2, 0.25) is 0 Å². The number of rotatable bonds is 8. The van der Waals surface area contributed by atoms with E-state index in [-0.39, 0.29) is 19.0 Å². The van der Waals surface area contributed by atoms with Gasteiger partial charge in [-0.15, -0.1) is 0 Å². The number of carbonyl (C=O) groups is 1. The van der Waals surface area contributed by atoms with Crippen molar-refractivity contribution < 1.29 is 14.4 Å². The van der Waals surface area contributed by atoms with Crippen LogP contribution in [0.25, 0.3) is 10.9 Å². The van der Waals surface area contributed by atoms with Gasteiger partial charge in [-0.1, -0.05) is 65.8 Å². The molecule has 1 N–H and O–H groups in total. The molecule has 0 saturated heterocycles. The number of fused-ring (bicyclic) bond motifs is 1. The van der Waals surface area contributed by atoms with Crippen LogP contribution in [0.15, 0.2) is 94.9 Å². The summed E-state index contributed by atoms with van der Waals surface area (Å²) < 4.78 is 6.54. The van der Waals surface area contributed by atoms with Crippen LogP contribution in [0.3, 0.4) is 0 Å². The zero-order valence-electron chi connectivity index (χ0n) is 18.0. The zero-order chi connectivity index (χ0) is 23.0. The van der Waals surface area contributed by atoms with E-state index in [0.717, 1.165) is 10.2 Å². The first-order valence-electron chi connectivity index (χ1n) is 10.3. The minimum absolute atomic E-state index is 0.121. The monoisotopic (exact) mass is 442 g/mol. The first kappa shape index (κ1) is 21.8. The molecule has 0 radical (unpaired) electrons. The summed E-state index contributed by atoms with van der Waals surface area (Å²) in [5, 5.41) is 4.49. The van der Waals surface area contributed by atoms with E-state index in [0.29, 0.717) is 22.4 Å². The third-order valence-electron chi connectivity index (χ3n) is 4.78. The normalized spacial score (nSPS) is 11.2. The van der Waals surface area contributed by atoms with Gasteiger partial charge in [-0.3, -0.25) is 15.0 Å². The van der Waals surface area contributed by atoms with Gasteiger partial charge in [0, 0.05) is 0 Å². The Balaban J connectivity index is 1.55. The summed E-state index contributed by atoms with van der Waals surface area (Å²) in [5.74, 6) is 0.241. The highest BCUT2D eigenvalue weighted by atomic mass is 16.6. The summed E-state index contributed by atoms with van der Waals surface area (Å²) in [6.45, 7) is 1.43. The number of aromatic nitrogens is 2. The van der Waals surface area contributed by atoms with Crippen LogP contribution >= 0.6 is 0 Å². The van der Waals surface area contributed by atoms with Gasteiger partial charge in [-0.25, -0.2) is 4.98 Å². The van der Waals surface area contributed by atoms with Gasteiger partial charge in [-0.05, 0) is 36.8 Å². The highest BCUT2D eigenvalue weighted by Crippen LogP contribution is 2.10.